The van der Waals surface area contributed by atoms with Gasteiger partial charge in [0.25, 0.3) is 0 Å². The number of fused-ring (bicyclic) bond motifs is 1. The van der Waals surface area contributed by atoms with Gasteiger partial charge in [0.2, 0.25) is 5.91 Å². The molecule has 98 valence electrons. The van der Waals surface area contributed by atoms with E-state index in [2.05, 4.69) is 0 Å². The molecule has 0 aliphatic carbocycles. The Bertz CT molecular complexity index is 623. The molecule has 1 amide bonds. The highest BCUT2D eigenvalue weighted by Gasteiger charge is 2.20. The Kier molecular flexibility index (Phi) is 3.34. The van der Waals surface area contributed by atoms with E-state index < -0.39 is 0 Å². The maximum Gasteiger partial charge on any atom is 0.232 e. The minimum atomic E-state index is 0.202. The average Bonchev–Trinajstić information content (AvgIpc) is 2.36. The number of likely N-dealkylation sites (tertiary alicyclic amines) is 1. The monoisotopic (exact) mass is 273 g/mol. The molecule has 0 bridgehead atoms. The fourth-order valence-electron chi connectivity index (χ4n) is 2.18. The number of hydrogen-bond acceptors (Lipinski definition) is 3. The first kappa shape index (κ1) is 12.4. The van der Waals surface area contributed by atoms with Gasteiger partial charge in [-0.25, -0.2) is 0 Å². The lowest BCUT2D eigenvalue weighted by molar-refractivity contribution is -0.131. The summed E-state index contributed by atoms with van der Waals surface area (Å²) in [6, 6.07) is 11.3. The average molecular weight is 273 g/mol. The van der Waals surface area contributed by atoms with Gasteiger partial charge in [-0.3, -0.25) is 4.79 Å². The highest BCUT2D eigenvalue weighted by molar-refractivity contribution is 8.00. The van der Waals surface area contributed by atoms with Gasteiger partial charge in [0.15, 0.2) is 0 Å². The van der Waals surface area contributed by atoms with Gasteiger partial charge in [0, 0.05) is 23.4 Å². The number of nitrogens with zero attached hydrogens (tertiary/aromatic N) is 1. The number of hydrogen-bond donors (Lipinski definition) is 1. The van der Waals surface area contributed by atoms with Crippen LogP contribution >= 0.6 is 11.8 Å². The molecule has 4 heteroatoms. The minimum absolute atomic E-state index is 0.202. The molecule has 0 radical (unpaired) electrons. The second-order valence-corrected chi connectivity index (χ2v) is 5.67. The maximum atomic E-state index is 11.9. The summed E-state index contributed by atoms with van der Waals surface area (Å²) in [4.78, 5) is 14.8. The largest absolute Gasteiger partial charge is 0.507 e. The molecule has 2 aromatic carbocycles. The molecule has 1 fully saturated rings. The van der Waals surface area contributed by atoms with Crippen LogP contribution < -0.4 is 0 Å². The van der Waals surface area contributed by atoms with Crippen LogP contribution in [0.4, 0.5) is 0 Å². The Hall–Kier alpha value is -1.68. The number of rotatable bonds is 3. The van der Waals surface area contributed by atoms with Crippen LogP contribution in [0, 0.1) is 0 Å². The van der Waals surface area contributed by atoms with Gasteiger partial charge in [-0.15, -0.1) is 11.8 Å². The van der Waals surface area contributed by atoms with Crippen molar-refractivity contribution < 1.29 is 9.90 Å². The molecule has 0 spiro atoms. The highest BCUT2D eigenvalue weighted by Crippen LogP contribution is 2.33. The van der Waals surface area contributed by atoms with Crippen LogP contribution in [0.25, 0.3) is 10.8 Å². The molecule has 1 saturated heterocycles. The van der Waals surface area contributed by atoms with Crippen molar-refractivity contribution in [2.24, 2.45) is 0 Å². The van der Waals surface area contributed by atoms with Crippen molar-refractivity contribution in [2.75, 3.05) is 18.8 Å². The summed E-state index contributed by atoms with van der Waals surface area (Å²) in [7, 11) is 0. The standard InChI is InChI=1S/C15H15NO2S/c17-13-6-7-14(12-5-2-1-4-11(12)13)19-10-15(18)16-8-3-9-16/h1-2,4-7,17H,3,8-10H2. The van der Waals surface area contributed by atoms with Gasteiger partial charge in [0.1, 0.15) is 5.75 Å². The third kappa shape index (κ3) is 2.40. The normalized spacial score (nSPS) is 14.4. The van der Waals surface area contributed by atoms with E-state index in [1.165, 1.54) is 0 Å². The van der Waals surface area contributed by atoms with Crippen LogP contribution in [0.5, 0.6) is 5.75 Å². The smallest absolute Gasteiger partial charge is 0.232 e. The van der Waals surface area contributed by atoms with Crippen molar-refractivity contribution in [3.8, 4) is 5.75 Å². The summed E-state index contributed by atoms with van der Waals surface area (Å²) in [5.41, 5.74) is 0. The van der Waals surface area contributed by atoms with E-state index in [1.54, 1.807) is 17.8 Å². The topological polar surface area (TPSA) is 40.5 Å². The highest BCUT2D eigenvalue weighted by atomic mass is 32.2. The van der Waals surface area contributed by atoms with Crippen LogP contribution in [-0.2, 0) is 4.79 Å². The van der Waals surface area contributed by atoms with E-state index in [-0.39, 0.29) is 11.7 Å². The molecule has 1 N–H and O–H groups in total. The molecular formula is C15H15NO2S. The van der Waals surface area contributed by atoms with Crippen molar-refractivity contribution in [1.82, 2.24) is 4.90 Å². The third-order valence-corrected chi connectivity index (χ3v) is 4.48. The Morgan fingerprint density at radius 2 is 1.89 bits per heavy atom. The summed E-state index contributed by atoms with van der Waals surface area (Å²) >= 11 is 1.54. The van der Waals surface area contributed by atoms with Crippen LogP contribution in [0.3, 0.4) is 0 Å². The molecule has 1 aliphatic heterocycles. The van der Waals surface area contributed by atoms with Crippen molar-refractivity contribution >= 4 is 28.4 Å². The van der Waals surface area contributed by atoms with Gasteiger partial charge in [0.05, 0.1) is 5.75 Å². The number of amides is 1. The Labute approximate surface area is 116 Å². The summed E-state index contributed by atoms with van der Waals surface area (Å²) in [6.45, 7) is 1.80. The molecule has 0 aromatic heterocycles. The van der Waals surface area contributed by atoms with Crippen LogP contribution in [0.15, 0.2) is 41.3 Å². The molecule has 0 saturated carbocycles. The zero-order valence-electron chi connectivity index (χ0n) is 10.5. The van der Waals surface area contributed by atoms with Gasteiger partial charge >= 0.3 is 0 Å². The number of aromatic hydroxyl groups is 1. The number of carbonyl (C=O) groups is 1. The van der Waals surface area contributed by atoms with E-state index in [0.717, 1.165) is 35.2 Å². The number of phenols is 1. The van der Waals surface area contributed by atoms with Crippen molar-refractivity contribution in [3.05, 3.63) is 36.4 Å². The zero-order valence-corrected chi connectivity index (χ0v) is 11.3. The fourth-order valence-corrected chi connectivity index (χ4v) is 3.14. The first-order chi connectivity index (χ1) is 9.25. The number of benzene rings is 2. The molecule has 1 aliphatic rings. The van der Waals surface area contributed by atoms with Crippen molar-refractivity contribution in [1.29, 1.82) is 0 Å². The van der Waals surface area contributed by atoms with E-state index in [9.17, 15) is 9.90 Å². The van der Waals surface area contributed by atoms with Crippen molar-refractivity contribution in [3.63, 3.8) is 0 Å². The fraction of sp³-hybridized carbons (Fsp3) is 0.267. The molecule has 3 nitrogen and oxygen atoms in total. The second-order valence-electron chi connectivity index (χ2n) is 4.65. The van der Waals surface area contributed by atoms with Crippen molar-refractivity contribution in [2.45, 2.75) is 11.3 Å². The Morgan fingerprint density at radius 3 is 2.58 bits per heavy atom. The molecule has 19 heavy (non-hydrogen) atoms. The number of carbonyl (C=O) groups excluding carboxylic acids is 1. The molecule has 3 rings (SSSR count). The van der Waals surface area contributed by atoms with Gasteiger partial charge in [-0.2, -0.15) is 0 Å². The predicted octanol–water partition coefficient (Wildman–Crippen LogP) is 2.87. The quantitative estimate of drug-likeness (QED) is 0.874. The van der Waals surface area contributed by atoms with E-state index in [1.807, 2.05) is 35.2 Å². The molecule has 0 atom stereocenters. The number of thioether (sulfide) groups is 1. The van der Waals surface area contributed by atoms with E-state index in [4.69, 9.17) is 0 Å². The van der Waals surface area contributed by atoms with Gasteiger partial charge in [-0.05, 0) is 23.9 Å². The van der Waals surface area contributed by atoms with E-state index >= 15 is 0 Å². The number of phenolic OH excluding ortho intramolecular Hbond substituents is 1. The van der Waals surface area contributed by atoms with Crippen LogP contribution in [0.2, 0.25) is 0 Å². The second kappa shape index (κ2) is 5.13. The summed E-state index contributed by atoms with van der Waals surface area (Å²) in [5, 5.41) is 11.7. The lowest BCUT2D eigenvalue weighted by Gasteiger charge is -2.30. The zero-order chi connectivity index (χ0) is 13.2. The lowest BCUT2D eigenvalue weighted by Crippen LogP contribution is -2.43. The molecule has 0 unspecified atom stereocenters. The van der Waals surface area contributed by atoms with Gasteiger partial charge < -0.3 is 10.0 Å². The van der Waals surface area contributed by atoms with E-state index in [0.29, 0.717) is 5.75 Å². The Morgan fingerprint density at radius 1 is 1.16 bits per heavy atom. The summed E-state index contributed by atoms with van der Waals surface area (Å²) in [5.74, 6) is 0.955. The first-order valence-corrected chi connectivity index (χ1v) is 7.35. The minimum Gasteiger partial charge on any atom is -0.507 e. The summed E-state index contributed by atoms with van der Waals surface area (Å²) in [6.07, 6.45) is 1.12. The molecule has 1 heterocycles. The molecule has 2 aromatic rings. The van der Waals surface area contributed by atoms with Crippen LogP contribution in [-0.4, -0.2) is 34.8 Å². The Balaban J connectivity index is 1.81. The lowest BCUT2D eigenvalue weighted by atomic mass is 10.1. The SMILES string of the molecule is O=C(CSc1ccc(O)c2ccccc12)N1CCC1. The first-order valence-electron chi connectivity index (χ1n) is 6.37. The van der Waals surface area contributed by atoms with Crippen LogP contribution in [0.1, 0.15) is 6.42 Å². The molecular weight excluding hydrogens is 258 g/mol. The maximum absolute atomic E-state index is 11.9. The summed E-state index contributed by atoms with van der Waals surface area (Å²) < 4.78 is 0. The predicted molar refractivity (Wildman–Crippen MR) is 77.5 cm³/mol. The third-order valence-electron chi connectivity index (χ3n) is 3.42. The van der Waals surface area contributed by atoms with Gasteiger partial charge in [-0.1, -0.05) is 24.3 Å².